The minimum absolute atomic E-state index is 0.0846. The molecule has 0 amide bonds. The van der Waals surface area contributed by atoms with Gasteiger partial charge in [-0.3, -0.25) is 27.7 Å². The van der Waals surface area contributed by atoms with Crippen molar-refractivity contribution in [3.63, 3.8) is 0 Å². The van der Waals surface area contributed by atoms with Crippen molar-refractivity contribution in [1.29, 1.82) is 0 Å². The predicted octanol–water partition coefficient (Wildman–Crippen LogP) is 5.18. The van der Waals surface area contributed by atoms with E-state index in [-0.39, 0.29) is 40.6 Å². The molecule has 0 radical (unpaired) electrons. The van der Waals surface area contributed by atoms with Gasteiger partial charge in [-0.1, -0.05) is 65.1 Å². The molecular weight excluding hydrogens is 684 g/mol. The highest BCUT2D eigenvalue weighted by molar-refractivity contribution is 8.14. The molecule has 1 aliphatic heterocycles. The second-order valence-electron chi connectivity index (χ2n) is 13.1. The van der Waals surface area contributed by atoms with Gasteiger partial charge in [0.2, 0.25) is 0 Å². The van der Waals surface area contributed by atoms with Crippen LogP contribution in [0.2, 0.25) is 0 Å². The summed E-state index contributed by atoms with van der Waals surface area (Å²) < 4.78 is 53.6. The maximum absolute atomic E-state index is 15.8. The Morgan fingerprint density at radius 3 is 2.11 bits per heavy atom. The van der Waals surface area contributed by atoms with Crippen LogP contribution >= 0.6 is 42.9 Å². The normalized spacial score (nSPS) is 22.5. The van der Waals surface area contributed by atoms with Crippen molar-refractivity contribution in [2.45, 2.75) is 72.6 Å². The highest BCUT2D eigenvalue weighted by atomic mass is 35.5. The molecule has 1 fully saturated rings. The number of carbonyl (C=O) groups excluding carboxylic acids is 2. The summed E-state index contributed by atoms with van der Waals surface area (Å²) in [5.41, 5.74) is -2.36. The van der Waals surface area contributed by atoms with Crippen LogP contribution in [0, 0.1) is 17.8 Å². The second kappa shape index (κ2) is 15.5. The minimum atomic E-state index is -4.38. The summed E-state index contributed by atoms with van der Waals surface area (Å²) in [7, 11) is -0.812. The van der Waals surface area contributed by atoms with E-state index in [0.717, 1.165) is 23.5 Å². The number of hydrogen-bond acceptors (Lipinski definition) is 14. The Balaban J connectivity index is 1.79. The molecular formula is C28H44ClFN5O8PS2. The number of fused-ring (bicyclic) bond motifs is 1. The van der Waals surface area contributed by atoms with Crippen molar-refractivity contribution >= 4 is 70.2 Å². The molecule has 1 aliphatic rings. The van der Waals surface area contributed by atoms with E-state index in [2.05, 4.69) is 15.0 Å². The lowest BCUT2D eigenvalue weighted by Crippen LogP contribution is -2.47. The van der Waals surface area contributed by atoms with E-state index in [1.165, 1.54) is 10.9 Å². The van der Waals surface area contributed by atoms with Gasteiger partial charge < -0.3 is 14.7 Å². The molecule has 0 aromatic carbocycles. The number of nitrogens with zero attached hydrogens (tertiary/aromatic N) is 5. The zero-order valence-corrected chi connectivity index (χ0v) is 30.9. The van der Waals surface area contributed by atoms with E-state index in [1.54, 1.807) is 67.5 Å². The Morgan fingerprint density at radius 2 is 1.63 bits per heavy atom. The first-order chi connectivity index (χ1) is 21.2. The van der Waals surface area contributed by atoms with Crippen LogP contribution in [0.4, 0.5) is 10.2 Å². The third-order valence-electron chi connectivity index (χ3n) is 6.73. The van der Waals surface area contributed by atoms with Gasteiger partial charge in [0, 0.05) is 36.4 Å². The van der Waals surface area contributed by atoms with Gasteiger partial charge in [-0.25, -0.2) is 23.9 Å². The molecule has 2 aromatic heterocycles. The van der Waals surface area contributed by atoms with E-state index in [0.29, 0.717) is 17.2 Å². The van der Waals surface area contributed by atoms with Gasteiger partial charge in [-0.15, -0.1) is 11.6 Å². The molecule has 260 valence electrons. The first-order valence-electron chi connectivity index (χ1n) is 14.6. The lowest BCUT2D eigenvalue weighted by atomic mass is 9.99. The minimum Gasteiger partial charge on any atom is -0.387 e. The summed E-state index contributed by atoms with van der Waals surface area (Å²) in [5.74, 6) is 0.798. The number of aryl methyl sites for hydroxylation is 1. The number of alkyl halides is 2. The molecule has 1 saturated heterocycles. The average Bonchev–Trinajstić information content (AvgIpc) is 3.49. The number of phosphoric acid groups is 1. The number of aliphatic hydroxyl groups is 1. The van der Waals surface area contributed by atoms with Crippen molar-refractivity contribution in [3.05, 3.63) is 12.2 Å². The zero-order chi connectivity index (χ0) is 34.7. The molecule has 2 aromatic rings. The van der Waals surface area contributed by atoms with Crippen LogP contribution in [0.1, 0.15) is 53.6 Å². The number of halogens is 2. The number of ether oxygens (including phenoxy) is 1. The number of anilines is 1. The van der Waals surface area contributed by atoms with Gasteiger partial charge in [0.25, 0.3) is 0 Å². The number of aliphatic hydroxyl groups excluding tert-OH is 1. The highest BCUT2D eigenvalue weighted by Crippen LogP contribution is 2.52. The van der Waals surface area contributed by atoms with Crippen molar-refractivity contribution < 1.29 is 42.0 Å². The highest BCUT2D eigenvalue weighted by Gasteiger charge is 2.57. The molecule has 0 aliphatic carbocycles. The van der Waals surface area contributed by atoms with Gasteiger partial charge in [0.1, 0.15) is 17.5 Å². The second-order valence-corrected chi connectivity index (χ2v) is 17.1. The van der Waals surface area contributed by atoms with Crippen LogP contribution in [0.15, 0.2) is 6.33 Å². The average molecular weight is 728 g/mol. The topological polar surface area (TPSA) is 155 Å². The Labute approximate surface area is 282 Å². The standard InChI is InChI=1S/C28H44ClFN5O8PS2/c1-17-32-21(34(8)9)19-22(33-17)35(16-31-19)23-18(30)20(36)28(14-29,43-23)15-42-44(39,40-10-12-45-24(37)26(2,3)4)41-11-13-46-25(38)27(5,6)7/h16,18,20,23,36H,10-15H2,1-9H3/t18-,20-,23+,28+/m0/s1. The Bertz CT molecular complexity index is 1400. The fourth-order valence-electron chi connectivity index (χ4n) is 4.11. The zero-order valence-electron chi connectivity index (χ0n) is 27.6. The summed E-state index contributed by atoms with van der Waals surface area (Å²) in [6.45, 7) is 11.3. The van der Waals surface area contributed by atoms with Gasteiger partial charge in [-0.2, -0.15) is 0 Å². The van der Waals surface area contributed by atoms with Crippen LogP contribution in [0.3, 0.4) is 0 Å². The van der Waals surface area contributed by atoms with Gasteiger partial charge in [0.15, 0.2) is 39.6 Å². The SMILES string of the molecule is Cc1nc(N(C)C)c2ncn([C@@H]3O[C@](CCl)(COP(=O)(OCCSC(=O)C(C)(C)C)OCCSC(=O)C(C)(C)C)[C@@H](O)[C@@H]3F)c2n1. The fourth-order valence-corrected chi connectivity index (χ4v) is 7.45. The predicted molar refractivity (Wildman–Crippen MR) is 178 cm³/mol. The lowest BCUT2D eigenvalue weighted by Gasteiger charge is -2.30. The largest absolute Gasteiger partial charge is 0.474 e. The molecule has 46 heavy (non-hydrogen) atoms. The number of phosphoric ester groups is 1. The molecule has 0 saturated carbocycles. The molecule has 3 rings (SSSR count). The number of carbonyl (C=O) groups is 2. The smallest absolute Gasteiger partial charge is 0.387 e. The molecule has 1 N–H and O–H groups in total. The molecule has 0 spiro atoms. The Morgan fingerprint density at radius 1 is 1.09 bits per heavy atom. The maximum atomic E-state index is 15.8. The van der Waals surface area contributed by atoms with Crippen LogP contribution in [-0.4, -0.2) is 104 Å². The first kappa shape index (κ1) is 39.1. The summed E-state index contributed by atoms with van der Waals surface area (Å²) in [5, 5.41) is 10.9. The van der Waals surface area contributed by atoms with Crippen LogP contribution < -0.4 is 4.90 Å². The number of thioether (sulfide) groups is 2. The maximum Gasteiger partial charge on any atom is 0.474 e. The summed E-state index contributed by atoms with van der Waals surface area (Å²) in [6.07, 6.45) is -3.88. The van der Waals surface area contributed by atoms with Gasteiger partial charge in [-0.05, 0) is 6.92 Å². The van der Waals surface area contributed by atoms with Crippen molar-refractivity contribution in [3.8, 4) is 0 Å². The first-order valence-corrected chi connectivity index (χ1v) is 18.5. The van der Waals surface area contributed by atoms with Gasteiger partial charge in [0.05, 0.1) is 32.0 Å². The third-order valence-corrected chi connectivity index (χ3v) is 11.1. The molecule has 13 nitrogen and oxygen atoms in total. The van der Waals surface area contributed by atoms with Crippen molar-refractivity contribution in [2.24, 2.45) is 10.8 Å². The summed E-state index contributed by atoms with van der Waals surface area (Å²) in [6, 6.07) is 0. The van der Waals surface area contributed by atoms with E-state index >= 15 is 4.39 Å². The van der Waals surface area contributed by atoms with Gasteiger partial charge >= 0.3 is 7.82 Å². The summed E-state index contributed by atoms with van der Waals surface area (Å²) >= 11 is 8.27. The van der Waals surface area contributed by atoms with E-state index < -0.39 is 55.2 Å². The quantitative estimate of drug-likeness (QED) is 0.154. The van der Waals surface area contributed by atoms with E-state index in [1.807, 2.05) is 0 Å². The molecule has 0 bridgehead atoms. The number of hydrogen-bond donors (Lipinski definition) is 1. The number of imidazole rings is 1. The summed E-state index contributed by atoms with van der Waals surface area (Å²) in [4.78, 5) is 39.5. The van der Waals surface area contributed by atoms with Crippen LogP contribution in [0.5, 0.6) is 0 Å². The number of rotatable bonds is 14. The number of aromatic nitrogens is 4. The molecule has 0 unspecified atom stereocenters. The Hall–Kier alpha value is -1.36. The Kier molecular flexibility index (Phi) is 13.1. The molecule has 4 atom stereocenters. The van der Waals surface area contributed by atoms with E-state index in [4.69, 9.17) is 29.9 Å². The monoisotopic (exact) mass is 727 g/mol. The third kappa shape index (κ3) is 9.41. The lowest BCUT2D eigenvalue weighted by molar-refractivity contribution is -0.118. The van der Waals surface area contributed by atoms with Crippen LogP contribution in [0.25, 0.3) is 11.2 Å². The van der Waals surface area contributed by atoms with Crippen molar-refractivity contribution in [2.75, 3.05) is 56.2 Å². The van der Waals surface area contributed by atoms with Crippen molar-refractivity contribution in [1.82, 2.24) is 19.5 Å². The molecule has 18 heteroatoms. The molecule has 3 heterocycles. The fraction of sp³-hybridized carbons (Fsp3) is 0.750. The van der Waals surface area contributed by atoms with E-state index in [9.17, 15) is 19.3 Å². The van der Waals surface area contributed by atoms with Crippen LogP contribution in [-0.2, 0) is 32.5 Å².